The number of aliphatic hydroxyl groups is 1. The highest BCUT2D eigenvalue weighted by molar-refractivity contribution is 5.27. The molecule has 0 heterocycles. The summed E-state index contributed by atoms with van der Waals surface area (Å²) in [5.41, 5.74) is 3.49. The molecule has 3 aromatic rings. The average Bonchev–Trinajstić information content (AvgIpc) is 2.64. The van der Waals surface area contributed by atoms with E-state index in [0.29, 0.717) is 0 Å². The molecular weight excluding hydrogens is 280 g/mol. The van der Waals surface area contributed by atoms with Crippen LogP contribution in [0.25, 0.3) is 0 Å². The van der Waals surface area contributed by atoms with Gasteiger partial charge in [-0.2, -0.15) is 0 Å². The molecule has 0 spiro atoms. The summed E-state index contributed by atoms with van der Waals surface area (Å²) >= 11 is 0. The Morgan fingerprint density at radius 2 is 1.09 bits per heavy atom. The van der Waals surface area contributed by atoms with Crippen molar-refractivity contribution >= 4 is 0 Å². The first-order valence-electron chi connectivity index (χ1n) is 8.16. The Morgan fingerprint density at radius 1 is 0.609 bits per heavy atom. The summed E-state index contributed by atoms with van der Waals surface area (Å²) in [4.78, 5) is 0. The maximum Gasteiger partial charge on any atom is 0.0858 e. The topological polar surface area (TPSA) is 20.2 Å². The van der Waals surface area contributed by atoms with Gasteiger partial charge in [-0.05, 0) is 29.5 Å². The Labute approximate surface area is 138 Å². The lowest BCUT2D eigenvalue weighted by molar-refractivity contribution is 0.140. The van der Waals surface area contributed by atoms with E-state index >= 15 is 0 Å². The van der Waals surface area contributed by atoms with Gasteiger partial charge in [0.05, 0.1) is 6.10 Å². The van der Waals surface area contributed by atoms with Gasteiger partial charge in [0.15, 0.2) is 0 Å². The molecule has 23 heavy (non-hydrogen) atoms. The zero-order chi connectivity index (χ0) is 15.9. The Morgan fingerprint density at radius 3 is 1.65 bits per heavy atom. The lowest BCUT2D eigenvalue weighted by Crippen LogP contribution is -2.12. The van der Waals surface area contributed by atoms with E-state index in [1.165, 1.54) is 11.1 Å². The van der Waals surface area contributed by atoms with E-state index in [4.69, 9.17) is 0 Å². The van der Waals surface area contributed by atoms with Gasteiger partial charge in [0.25, 0.3) is 0 Å². The Kier molecular flexibility index (Phi) is 5.23. The monoisotopic (exact) mass is 302 g/mol. The summed E-state index contributed by atoms with van der Waals surface area (Å²) in [5, 5.41) is 10.9. The predicted octanol–water partition coefficient (Wildman–Crippen LogP) is 5.14. The maximum atomic E-state index is 10.9. The zero-order valence-electron chi connectivity index (χ0n) is 13.2. The smallest absolute Gasteiger partial charge is 0.0858 e. The molecule has 3 aromatic carbocycles. The molecule has 0 bridgehead atoms. The molecule has 0 radical (unpaired) electrons. The van der Waals surface area contributed by atoms with Crippen LogP contribution < -0.4 is 0 Å². The number of benzene rings is 3. The van der Waals surface area contributed by atoms with Crippen molar-refractivity contribution in [1.82, 2.24) is 0 Å². The number of aryl methyl sites for hydroxylation is 1. The minimum atomic E-state index is -0.484. The Hall–Kier alpha value is -2.38. The number of aliphatic hydroxyl groups excluding tert-OH is 1. The first kappa shape index (κ1) is 15.5. The van der Waals surface area contributed by atoms with Crippen LogP contribution >= 0.6 is 0 Å². The van der Waals surface area contributed by atoms with Crippen LogP contribution in [0.2, 0.25) is 0 Å². The molecule has 116 valence electrons. The van der Waals surface area contributed by atoms with Crippen LogP contribution in [0.3, 0.4) is 0 Å². The van der Waals surface area contributed by atoms with Crippen LogP contribution in [0.1, 0.15) is 35.1 Å². The summed E-state index contributed by atoms with van der Waals surface area (Å²) in [7, 11) is 0. The van der Waals surface area contributed by atoms with Gasteiger partial charge >= 0.3 is 0 Å². The second kappa shape index (κ2) is 7.75. The molecule has 1 nitrogen and oxygen atoms in total. The van der Waals surface area contributed by atoms with Crippen LogP contribution in [0.4, 0.5) is 0 Å². The van der Waals surface area contributed by atoms with Gasteiger partial charge in [-0.3, -0.25) is 0 Å². The van der Waals surface area contributed by atoms with Crippen molar-refractivity contribution in [2.75, 3.05) is 0 Å². The fourth-order valence-corrected chi connectivity index (χ4v) is 3.06. The first-order chi connectivity index (χ1) is 11.3. The van der Waals surface area contributed by atoms with Gasteiger partial charge < -0.3 is 5.11 Å². The summed E-state index contributed by atoms with van der Waals surface area (Å²) in [5.74, 6) is 0.0961. The van der Waals surface area contributed by atoms with E-state index in [1.54, 1.807) is 0 Å². The predicted molar refractivity (Wildman–Crippen MR) is 95.3 cm³/mol. The van der Waals surface area contributed by atoms with E-state index in [2.05, 4.69) is 36.4 Å². The molecule has 2 atom stereocenters. The second-order valence-corrected chi connectivity index (χ2v) is 5.90. The first-order valence-corrected chi connectivity index (χ1v) is 8.16. The maximum absolute atomic E-state index is 10.9. The molecule has 0 amide bonds. The summed E-state index contributed by atoms with van der Waals surface area (Å²) in [6.07, 6.45) is 1.40. The SMILES string of the molecule is OC(c1ccccc1)C(CCc1ccccc1)c1ccccc1. The van der Waals surface area contributed by atoms with E-state index < -0.39 is 6.10 Å². The highest BCUT2D eigenvalue weighted by Gasteiger charge is 2.22. The van der Waals surface area contributed by atoms with E-state index in [-0.39, 0.29) is 5.92 Å². The molecule has 2 unspecified atom stereocenters. The van der Waals surface area contributed by atoms with Crippen LogP contribution in [0, 0.1) is 0 Å². The fraction of sp³-hybridized carbons (Fsp3) is 0.182. The Bertz CT molecular complexity index is 692. The van der Waals surface area contributed by atoms with Crippen LogP contribution in [0.5, 0.6) is 0 Å². The third-order valence-corrected chi connectivity index (χ3v) is 4.34. The lowest BCUT2D eigenvalue weighted by atomic mass is 9.85. The minimum Gasteiger partial charge on any atom is -0.388 e. The number of hydrogen-bond donors (Lipinski definition) is 1. The highest BCUT2D eigenvalue weighted by Crippen LogP contribution is 2.34. The van der Waals surface area contributed by atoms with E-state index in [0.717, 1.165) is 18.4 Å². The molecule has 0 aliphatic heterocycles. The molecule has 1 heteroatoms. The van der Waals surface area contributed by atoms with Gasteiger partial charge in [0, 0.05) is 5.92 Å². The summed E-state index contributed by atoms with van der Waals surface area (Å²) in [6, 6.07) is 30.8. The largest absolute Gasteiger partial charge is 0.388 e. The van der Waals surface area contributed by atoms with Gasteiger partial charge in [-0.25, -0.2) is 0 Å². The third kappa shape index (κ3) is 4.08. The molecule has 0 aliphatic carbocycles. The highest BCUT2D eigenvalue weighted by atomic mass is 16.3. The van der Waals surface area contributed by atoms with Crippen molar-refractivity contribution in [3.05, 3.63) is 108 Å². The van der Waals surface area contributed by atoms with E-state index in [1.807, 2.05) is 54.6 Å². The van der Waals surface area contributed by atoms with Crippen molar-refractivity contribution in [2.24, 2.45) is 0 Å². The van der Waals surface area contributed by atoms with Crippen molar-refractivity contribution < 1.29 is 5.11 Å². The molecule has 1 N–H and O–H groups in total. The number of rotatable bonds is 6. The molecular formula is C22H22O. The third-order valence-electron chi connectivity index (χ3n) is 4.34. The van der Waals surface area contributed by atoms with Crippen molar-refractivity contribution in [3.63, 3.8) is 0 Å². The number of hydrogen-bond acceptors (Lipinski definition) is 1. The Balaban J connectivity index is 1.82. The molecule has 0 fully saturated rings. The lowest BCUT2D eigenvalue weighted by Gasteiger charge is -2.24. The summed E-state index contributed by atoms with van der Waals surface area (Å²) < 4.78 is 0. The molecule has 3 rings (SSSR count). The van der Waals surface area contributed by atoms with Crippen molar-refractivity contribution in [3.8, 4) is 0 Å². The molecule has 0 saturated carbocycles. The summed E-state index contributed by atoms with van der Waals surface area (Å²) in [6.45, 7) is 0. The zero-order valence-corrected chi connectivity index (χ0v) is 13.2. The minimum absolute atomic E-state index is 0.0961. The quantitative estimate of drug-likeness (QED) is 0.668. The normalized spacial score (nSPS) is 13.4. The van der Waals surface area contributed by atoms with Gasteiger partial charge in [0.2, 0.25) is 0 Å². The fourth-order valence-electron chi connectivity index (χ4n) is 3.06. The molecule has 0 aliphatic rings. The van der Waals surface area contributed by atoms with Crippen LogP contribution in [-0.4, -0.2) is 5.11 Å². The van der Waals surface area contributed by atoms with Crippen molar-refractivity contribution in [2.45, 2.75) is 24.9 Å². The molecule has 0 aromatic heterocycles. The van der Waals surface area contributed by atoms with Gasteiger partial charge in [0.1, 0.15) is 0 Å². The molecule has 0 saturated heterocycles. The van der Waals surface area contributed by atoms with Crippen LogP contribution in [-0.2, 0) is 6.42 Å². The second-order valence-electron chi connectivity index (χ2n) is 5.90. The van der Waals surface area contributed by atoms with Gasteiger partial charge in [-0.1, -0.05) is 91.0 Å². The van der Waals surface area contributed by atoms with E-state index in [9.17, 15) is 5.11 Å². The van der Waals surface area contributed by atoms with Crippen LogP contribution in [0.15, 0.2) is 91.0 Å². The van der Waals surface area contributed by atoms with Gasteiger partial charge in [-0.15, -0.1) is 0 Å². The van der Waals surface area contributed by atoms with Crippen molar-refractivity contribution in [1.29, 1.82) is 0 Å². The standard InChI is InChI=1S/C22H22O/c23-22(20-14-8-3-9-15-20)21(19-12-6-2-7-13-19)17-16-18-10-4-1-5-11-18/h1-15,21-23H,16-17H2. The average molecular weight is 302 g/mol.